The van der Waals surface area contributed by atoms with E-state index in [1.807, 2.05) is 13.8 Å². The second-order valence-electron chi connectivity index (χ2n) is 5.07. The minimum atomic E-state index is -0.458. The van der Waals surface area contributed by atoms with E-state index in [-0.39, 0.29) is 5.69 Å². The topological polar surface area (TPSA) is 15.3 Å². The molecule has 0 saturated carbocycles. The van der Waals surface area contributed by atoms with Gasteiger partial charge in [-0.25, -0.2) is 8.78 Å². The highest BCUT2D eigenvalue weighted by Crippen LogP contribution is 2.25. The Bertz CT molecular complexity index is 378. The molecule has 0 radical (unpaired) electrons. The Labute approximate surface area is 121 Å². The molecular formula is C16H26F2N2. The third-order valence-electron chi connectivity index (χ3n) is 3.14. The van der Waals surface area contributed by atoms with Gasteiger partial charge in [-0.05, 0) is 43.5 Å². The Kier molecular flexibility index (Phi) is 7.52. The Hall–Kier alpha value is -1.16. The average molecular weight is 284 g/mol. The molecule has 2 nitrogen and oxygen atoms in total. The number of benzene rings is 1. The summed E-state index contributed by atoms with van der Waals surface area (Å²) in [5.41, 5.74) is 0.776. The molecule has 0 saturated heterocycles. The molecule has 0 amide bonds. The summed E-state index contributed by atoms with van der Waals surface area (Å²) < 4.78 is 28.4. The first-order chi connectivity index (χ1) is 9.63. The zero-order valence-corrected chi connectivity index (χ0v) is 12.8. The van der Waals surface area contributed by atoms with Crippen molar-refractivity contribution >= 4 is 5.69 Å². The van der Waals surface area contributed by atoms with Crippen LogP contribution in [0, 0.1) is 11.6 Å². The zero-order valence-electron chi connectivity index (χ0n) is 12.8. The van der Waals surface area contributed by atoms with Crippen LogP contribution >= 0.6 is 0 Å². The van der Waals surface area contributed by atoms with Crippen LogP contribution < -0.4 is 10.2 Å². The summed E-state index contributed by atoms with van der Waals surface area (Å²) >= 11 is 0. The molecule has 0 unspecified atom stereocenters. The first-order valence-corrected chi connectivity index (χ1v) is 7.57. The van der Waals surface area contributed by atoms with E-state index >= 15 is 0 Å². The van der Waals surface area contributed by atoms with Gasteiger partial charge in [-0.2, -0.15) is 0 Å². The lowest BCUT2D eigenvalue weighted by Gasteiger charge is -2.25. The number of halogens is 2. The maximum atomic E-state index is 14.2. The van der Waals surface area contributed by atoms with Gasteiger partial charge in [-0.3, -0.25) is 0 Å². The highest BCUT2D eigenvalue weighted by atomic mass is 19.1. The molecule has 4 heteroatoms. The predicted octanol–water partition coefficient (Wildman–Crippen LogP) is 4.09. The van der Waals surface area contributed by atoms with Gasteiger partial charge in [-0.15, -0.1) is 0 Å². The smallest absolute Gasteiger partial charge is 0.149 e. The van der Waals surface area contributed by atoms with E-state index in [2.05, 4.69) is 12.2 Å². The van der Waals surface area contributed by atoms with E-state index in [0.29, 0.717) is 25.2 Å². The molecule has 0 heterocycles. The summed E-state index contributed by atoms with van der Waals surface area (Å²) in [6.45, 7) is 8.80. The Morgan fingerprint density at radius 3 is 1.95 bits per heavy atom. The molecule has 0 spiro atoms. The Morgan fingerprint density at radius 1 is 0.950 bits per heavy atom. The van der Waals surface area contributed by atoms with Crippen LogP contribution in [0.4, 0.5) is 14.5 Å². The van der Waals surface area contributed by atoms with E-state index in [0.717, 1.165) is 25.8 Å². The third kappa shape index (κ3) is 4.75. The van der Waals surface area contributed by atoms with Crippen molar-refractivity contribution in [1.82, 2.24) is 5.32 Å². The number of hydrogen-bond donors (Lipinski definition) is 1. The molecule has 0 aliphatic rings. The first-order valence-electron chi connectivity index (χ1n) is 7.57. The second-order valence-corrected chi connectivity index (χ2v) is 5.07. The largest absolute Gasteiger partial charge is 0.367 e. The second kappa shape index (κ2) is 8.90. The third-order valence-corrected chi connectivity index (χ3v) is 3.14. The first kappa shape index (κ1) is 16.9. The van der Waals surface area contributed by atoms with Crippen LogP contribution in [0.2, 0.25) is 0 Å². The van der Waals surface area contributed by atoms with E-state index in [1.54, 1.807) is 4.90 Å². The predicted molar refractivity (Wildman–Crippen MR) is 81.2 cm³/mol. The van der Waals surface area contributed by atoms with E-state index in [9.17, 15) is 8.78 Å². The monoisotopic (exact) mass is 284 g/mol. The van der Waals surface area contributed by atoms with E-state index in [1.165, 1.54) is 12.1 Å². The summed E-state index contributed by atoms with van der Waals surface area (Å²) in [4.78, 5) is 1.80. The fraction of sp³-hybridized carbons (Fsp3) is 0.625. The molecule has 114 valence electrons. The molecule has 1 aromatic rings. The normalized spacial score (nSPS) is 10.8. The van der Waals surface area contributed by atoms with Crippen molar-refractivity contribution in [3.8, 4) is 0 Å². The molecular weight excluding hydrogens is 258 g/mol. The van der Waals surface area contributed by atoms with Crippen LogP contribution in [0.5, 0.6) is 0 Å². The van der Waals surface area contributed by atoms with Crippen LogP contribution in [-0.4, -0.2) is 19.6 Å². The number of nitrogens with one attached hydrogen (secondary N) is 1. The summed E-state index contributed by atoms with van der Waals surface area (Å²) in [5.74, 6) is -0.916. The number of hydrogen-bond acceptors (Lipinski definition) is 2. The van der Waals surface area contributed by atoms with Gasteiger partial charge in [0.25, 0.3) is 0 Å². The maximum absolute atomic E-state index is 14.2. The van der Waals surface area contributed by atoms with E-state index < -0.39 is 11.6 Å². The molecule has 0 aliphatic carbocycles. The highest BCUT2D eigenvalue weighted by Gasteiger charge is 2.17. The molecule has 0 fully saturated rings. The van der Waals surface area contributed by atoms with Gasteiger partial charge in [0.15, 0.2) is 0 Å². The summed E-state index contributed by atoms with van der Waals surface area (Å²) in [6.07, 6.45) is 2.75. The van der Waals surface area contributed by atoms with Gasteiger partial charge < -0.3 is 10.2 Å². The van der Waals surface area contributed by atoms with Crippen molar-refractivity contribution in [1.29, 1.82) is 0 Å². The van der Waals surface area contributed by atoms with Crippen LogP contribution in [0.1, 0.15) is 45.6 Å². The minimum absolute atomic E-state index is 0.118. The summed E-state index contributed by atoms with van der Waals surface area (Å²) in [6, 6.07) is 2.89. The summed E-state index contributed by atoms with van der Waals surface area (Å²) in [7, 11) is 0. The molecule has 0 aliphatic heterocycles. The molecule has 0 bridgehead atoms. The fourth-order valence-corrected chi connectivity index (χ4v) is 2.31. The Morgan fingerprint density at radius 2 is 1.50 bits per heavy atom. The highest BCUT2D eigenvalue weighted by molar-refractivity contribution is 5.50. The van der Waals surface area contributed by atoms with Crippen molar-refractivity contribution in [3.63, 3.8) is 0 Å². The van der Waals surface area contributed by atoms with Crippen molar-refractivity contribution in [2.45, 2.75) is 46.6 Å². The van der Waals surface area contributed by atoms with E-state index in [4.69, 9.17) is 0 Å². The molecule has 1 N–H and O–H groups in total. The molecule has 1 aromatic carbocycles. The molecule has 0 atom stereocenters. The SMILES string of the molecule is CCCNCc1cc(F)c(N(CCC)CCC)c(F)c1. The van der Waals surface area contributed by atoms with Gasteiger partial charge in [0.2, 0.25) is 0 Å². The van der Waals surface area contributed by atoms with Gasteiger partial charge >= 0.3 is 0 Å². The lowest BCUT2D eigenvalue weighted by atomic mass is 10.1. The Balaban J connectivity index is 2.91. The van der Waals surface area contributed by atoms with Crippen molar-refractivity contribution in [2.75, 3.05) is 24.5 Å². The van der Waals surface area contributed by atoms with Crippen molar-refractivity contribution in [3.05, 3.63) is 29.3 Å². The van der Waals surface area contributed by atoms with Gasteiger partial charge in [0.05, 0.1) is 0 Å². The van der Waals surface area contributed by atoms with Crippen molar-refractivity contribution in [2.24, 2.45) is 0 Å². The lowest BCUT2D eigenvalue weighted by molar-refractivity contribution is 0.560. The van der Waals surface area contributed by atoms with Crippen LogP contribution in [0.15, 0.2) is 12.1 Å². The van der Waals surface area contributed by atoms with Gasteiger partial charge in [0, 0.05) is 19.6 Å². The number of nitrogens with zero attached hydrogens (tertiary/aromatic N) is 1. The van der Waals surface area contributed by atoms with Crippen molar-refractivity contribution < 1.29 is 8.78 Å². The van der Waals surface area contributed by atoms with Crippen LogP contribution in [0.3, 0.4) is 0 Å². The van der Waals surface area contributed by atoms with Crippen LogP contribution in [-0.2, 0) is 6.54 Å². The standard InChI is InChI=1S/C16H26F2N2/c1-4-7-19-12-13-10-14(17)16(15(18)11-13)20(8-5-2)9-6-3/h10-11,19H,4-9,12H2,1-3H3. The quantitative estimate of drug-likeness (QED) is 0.687. The fourth-order valence-electron chi connectivity index (χ4n) is 2.31. The molecule has 20 heavy (non-hydrogen) atoms. The maximum Gasteiger partial charge on any atom is 0.149 e. The van der Waals surface area contributed by atoms with Crippen LogP contribution in [0.25, 0.3) is 0 Å². The summed E-state index contributed by atoms with van der Waals surface area (Å²) in [5, 5.41) is 3.16. The van der Waals surface area contributed by atoms with Gasteiger partial charge in [-0.1, -0.05) is 20.8 Å². The number of rotatable bonds is 9. The minimum Gasteiger partial charge on any atom is -0.367 e. The average Bonchev–Trinajstić information content (AvgIpc) is 2.39. The van der Waals surface area contributed by atoms with Gasteiger partial charge in [0.1, 0.15) is 17.3 Å². The molecule has 0 aromatic heterocycles. The number of anilines is 1. The zero-order chi connectivity index (χ0) is 15.0. The molecule has 1 rings (SSSR count). The lowest BCUT2D eigenvalue weighted by Crippen LogP contribution is -2.27.